The Bertz CT molecular complexity index is 424. The van der Waals surface area contributed by atoms with Crippen molar-refractivity contribution in [1.29, 1.82) is 0 Å². The molecule has 5 heteroatoms. The van der Waals surface area contributed by atoms with Crippen LogP contribution in [-0.2, 0) is 4.74 Å². The number of rotatable bonds is 4. The lowest BCUT2D eigenvalue weighted by atomic mass is 9.87. The van der Waals surface area contributed by atoms with Crippen molar-refractivity contribution in [3.05, 3.63) is 34.3 Å². The minimum absolute atomic E-state index is 0.00625. The number of likely N-dealkylation sites (tertiary alicyclic amines) is 1. The van der Waals surface area contributed by atoms with Gasteiger partial charge in [0.1, 0.15) is 0 Å². The molecule has 1 fully saturated rings. The first kappa shape index (κ1) is 15.9. The zero-order valence-electron chi connectivity index (χ0n) is 11.7. The average Bonchev–Trinajstić information content (AvgIpc) is 2.39. The second-order valence-corrected chi connectivity index (χ2v) is 6.39. The number of hydrogen-bond donors (Lipinski definition) is 0. The van der Waals surface area contributed by atoms with Crippen LogP contribution in [0.4, 0.5) is 8.78 Å². The standard InChI is InChI=1S/C15H20BrF2NO/c1-10(2)19-8-7-14(20-15(17)18)13(9-19)11-3-5-12(16)6-4-11/h3-6,10,13-15H,7-9H2,1-2H3/t13-,14?/m1/s1. The monoisotopic (exact) mass is 347 g/mol. The van der Waals surface area contributed by atoms with Crippen molar-refractivity contribution in [2.24, 2.45) is 0 Å². The molecule has 2 atom stereocenters. The van der Waals surface area contributed by atoms with Gasteiger partial charge in [0, 0.05) is 29.5 Å². The first-order valence-corrected chi connectivity index (χ1v) is 7.70. The Balaban J connectivity index is 2.18. The normalized spacial score (nSPS) is 24.6. The SMILES string of the molecule is CC(C)N1CCC(OC(F)F)[C@@H](c2ccc(Br)cc2)C1. The summed E-state index contributed by atoms with van der Waals surface area (Å²) in [5.41, 5.74) is 1.06. The second kappa shape index (κ2) is 6.96. The van der Waals surface area contributed by atoms with Crippen molar-refractivity contribution in [3.63, 3.8) is 0 Å². The van der Waals surface area contributed by atoms with Crippen LogP contribution < -0.4 is 0 Å². The van der Waals surface area contributed by atoms with Crippen molar-refractivity contribution in [2.45, 2.75) is 44.9 Å². The van der Waals surface area contributed by atoms with Gasteiger partial charge < -0.3 is 9.64 Å². The smallest absolute Gasteiger partial charge is 0.319 e. The molecule has 0 radical (unpaired) electrons. The molecule has 1 aliphatic heterocycles. The van der Waals surface area contributed by atoms with E-state index in [4.69, 9.17) is 4.74 Å². The molecular formula is C15H20BrF2NO. The van der Waals surface area contributed by atoms with Crippen LogP contribution in [0.15, 0.2) is 28.7 Å². The maximum atomic E-state index is 12.6. The molecular weight excluding hydrogens is 328 g/mol. The topological polar surface area (TPSA) is 12.5 Å². The van der Waals surface area contributed by atoms with Gasteiger partial charge in [-0.15, -0.1) is 0 Å². The molecule has 0 N–H and O–H groups in total. The average molecular weight is 348 g/mol. The molecule has 0 aromatic heterocycles. The summed E-state index contributed by atoms with van der Waals surface area (Å²) in [6.45, 7) is 3.13. The van der Waals surface area contributed by atoms with Gasteiger partial charge in [-0.05, 0) is 38.0 Å². The highest BCUT2D eigenvalue weighted by Gasteiger charge is 2.33. The van der Waals surface area contributed by atoms with Crippen LogP contribution in [0, 0.1) is 0 Å². The zero-order valence-corrected chi connectivity index (χ0v) is 13.3. The molecule has 1 aromatic carbocycles. The zero-order chi connectivity index (χ0) is 14.7. The maximum Gasteiger partial charge on any atom is 0.345 e. The van der Waals surface area contributed by atoms with Gasteiger partial charge in [-0.1, -0.05) is 28.1 Å². The molecule has 0 amide bonds. The highest BCUT2D eigenvalue weighted by molar-refractivity contribution is 9.10. The van der Waals surface area contributed by atoms with Crippen LogP contribution in [0.3, 0.4) is 0 Å². The predicted octanol–water partition coefficient (Wildman–Crippen LogP) is 4.25. The number of alkyl halides is 2. The Kier molecular flexibility index (Phi) is 5.52. The van der Waals surface area contributed by atoms with Gasteiger partial charge in [-0.25, -0.2) is 0 Å². The van der Waals surface area contributed by atoms with E-state index in [1.165, 1.54) is 0 Å². The third kappa shape index (κ3) is 3.99. The van der Waals surface area contributed by atoms with Gasteiger partial charge >= 0.3 is 6.61 Å². The molecule has 20 heavy (non-hydrogen) atoms. The summed E-state index contributed by atoms with van der Waals surface area (Å²) in [4.78, 5) is 2.32. The summed E-state index contributed by atoms with van der Waals surface area (Å²) in [6, 6.07) is 8.29. The molecule has 1 heterocycles. The van der Waals surface area contributed by atoms with Crippen molar-refractivity contribution >= 4 is 15.9 Å². The van der Waals surface area contributed by atoms with Crippen LogP contribution in [0.2, 0.25) is 0 Å². The first-order chi connectivity index (χ1) is 9.47. The molecule has 2 nitrogen and oxygen atoms in total. The number of halogens is 3. The third-order valence-corrected chi connectivity index (χ3v) is 4.42. The molecule has 1 aliphatic rings. The lowest BCUT2D eigenvalue weighted by molar-refractivity contribution is -0.179. The number of hydrogen-bond acceptors (Lipinski definition) is 2. The van der Waals surface area contributed by atoms with E-state index in [0.717, 1.165) is 23.1 Å². The number of ether oxygens (including phenoxy) is 1. The number of benzene rings is 1. The van der Waals surface area contributed by atoms with E-state index in [-0.39, 0.29) is 5.92 Å². The lowest BCUT2D eigenvalue weighted by Gasteiger charge is -2.40. The Morgan fingerprint density at radius 1 is 1.25 bits per heavy atom. The van der Waals surface area contributed by atoms with Gasteiger partial charge in [-0.2, -0.15) is 8.78 Å². The van der Waals surface area contributed by atoms with Gasteiger partial charge in [0.05, 0.1) is 6.10 Å². The van der Waals surface area contributed by atoms with E-state index >= 15 is 0 Å². The van der Waals surface area contributed by atoms with Crippen molar-refractivity contribution in [3.8, 4) is 0 Å². The molecule has 0 aliphatic carbocycles. The fourth-order valence-electron chi connectivity index (χ4n) is 2.75. The molecule has 1 aromatic rings. The maximum absolute atomic E-state index is 12.6. The third-order valence-electron chi connectivity index (χ3n) is 3.89. The van der Waals surface area contributed by atoms with E-state index in [1.54, 1.807) is 0 Å². The molecule has 2 rings (SSSR count). The summed E-state index contributed by atoms with van der Waals surface area (Å²) in [5, 5.41) is 0. The van der Waals surface area contributed by atoms with Crippen molar-refractivity contribution in [2.75, 3.05) is 13.1 Å². The fourth-order valence-corrected chi connectivity index (χ4v) is 3.01. The Labute approximate surface area is 127 Å². The minimum atomic E-state index is -2.71. The Morgan fingerprint density at radius 2 is 1.90 bits per heavy atom. The number of piperidine rings is 1. The Hall–Kier alpha value is -0.520. The van der Waals surface area contributed by atoms with Gasteiger partial charge in [-0.3, -0.25) is 0 Å². The fraction of sp³-hybridized carbons (Fsp3) is 0.600. The molecule has 0 spiro atoms. The summed E-state index contributed by atoms with van der Waals surface area (Å²) >= 11 is 3.40. The van der Waals surface area contributed by atoms with Crippen molar-refractivity contribution < 1.29 is 13.5 Å². The van der Waals surface area contributed by atoms with Crippen LogP contribution in [-0.4, -0.2) is 36.7 Å². The summed E-state index contributed by atoms with van der Waals surface area (Å²) in [7, 11) is 0. The van der Waals surface area contributed by atoms with E-state index in [9.17, 15) is 8.78 Å². The minimum Gasteiger partial charge on any atom is -0.319 e. The molecule has 1 saturated heterocycles. The largest absolute Gasteiger partial charge is 0.345 e. The second-order valence-electron chi connectivity index (χ2n) is 5.47. The summed E-state index contributed by atoms with van der Waals surface area (Å²) in [5.74, 6) is -0.00625. The van der Waals surface area contributed by atoms with E-state index < -0.39 is 12.7 Å². The van der Waals surface area contributed by atoms with Crippen LogP contribution in [0.25, 0.3) is 0 Å². The highest BCUT2D eigenvalue weighted by atomic mass is 79.9. The van der Waals surface area contributed by atoms with Crippen LogP contribution in [0.1, 0.15) is 31.7 Å². The van der Waals surface area contributed by atoms with Crippen molar-refractivity contribution in [1.82, 2.24) is 4.90 Å². The number of nitrogens with zero attached hydrogens (tertiary/aromatic N) is 1. The highest BCUT2D eigenvalue weighted by Crippen LogP contribution is 2.32. The van der Waals surface area contributed by atoms with Gasteiger partial charge in [0.2, 0.25) is 0 Å². The lowest BCUT2D eigenvalue weighted by Crippen LogP contribution is -2.46. The first-order valence-electron chi connectivity index (χ1n) is 6.90. The van der Waals surface area contributed by atoms with Gasteiger partial charge in [0.25, 0.3) is 0 Å². The van der Waals surface area contributed by atoms with Crippen LogP contribution in [0.5, 0.6) is 0 Å². The quantitative estimate of drug-likeness (QED) is 0.806. The molecule has 112 valence electrons. The Morgan fingerprint density at radius 3 is 2.45 bits per heavy atom. The van der Waals surface area contributed by atoms with E-state index in [1.807, 2.05) is 24.3 Å². The molecule has 0 saturated carbocycles. The summed E-state index contributed by atoms with van der Waals surface area (Å²) in [6.07, 6.45) is 0.231. The molecule has 1 unspecified atom stereocenters. The van der Waals surface area contributed by atoms with Gasteiger partial charge in [0.15, 0.2) is 0 Å². The molecule has 0 bridgehead atoms. The van der Waals surface area contributed by atoms with E-state index in [2.05, 4.69) is 34.7 Å². The van der Waals surface area contributed by atoms with E-state index in [0.29, 0.717) is 12.5 Å². The van der Waals surface area contributed by atoms with Crippen LogP contribution >= 0.6 is 15.9 Å². The predicted molar refractivity (Wildman–Crippen MR) is 79.1 cm³/mol. The summed E-state index contributed by atoms with van der Waals surface area (Å²) < 4.78 is 31.0.